The number of imidazole rings is 1. The molecule has 2 heterocycles. The minimum Gasteiger partial charge on any atom is -0.443 e. The van der Waals surface area contributed by atoms with Gasteiger partial charge in [-0.05, 0) is 12.3 Å². The molecule has 2 fully saturated rings. The van der Waals surface area contributed by atoms with Crippen molar-refractivity contribution in [1.82, 2.24) is 15.3 Å². The maximum Gasteiger partial charge on any atom is 0.407 e. The maximum absolute atomic E-state index is 11.6. The van der Waals surface area contributed by atoms with E-state index in [4.69, 9.17) is 4.74 Å². The molecule has 1 aromatic heterocycles. The SMILES string of the molecule is CC(c1ncc[nH]1)[C@H]1OC(=O)N[C@H]1CC1CCCCC1. The first-order valence-corrected chi connectivity index (χ1v) is 7.70. The topological polar surface area (TPSA) is 67.0 Å². The van der Waals surface area contributed by atoms with Crippen molar-refractivity contribution in [1.29, 1.82) is 0 Å². The van der Waals surface area contributed by atoms with E-state index in [1.807, 2.05) is 6.20 Å². The molecular formula is C15H23N3O2. The van der Waals surface area contributed by atoms with Gasteiger partial charge in [0.1, 0.15) is 11.9 Å². The lowest BCUT2D eigenvalue weighted by atomic mass is 9.82. The molecule has 2 N–H and O–H groups in total. The number of hydrogen-bond donors (Lipinski definition) is 2. The number of cyclic esters (lactones) is 1. The van der Waals surface area contributed by atoms with Crippen molar-refractivity contribution in [3.05, 3.63) is 18.2 Å². The highest BCUT2D eigenvalue weighted by Gasteiger charge is 2.40. The predicted molar refractivity (Wildman–Crippen MR) is 75.4 cm³/mol. The van der Waals surface area contributed by atoms with Gasteiger partial charge in [-0.25, -0.2) is 9.78 Å². The lowest BCUT2D eigenvalue weighted by Gasteiger charge is -2.27. The third kappa shape index (κ3) is 2.81. The van der Waals surface area contributed by atoms with Crippen LogP contribution in [0.5, 0.6) is 0 Å². The van der Waals surface area contributed by atoms with Gasteiger partial charge in [0.15, 0.2) is 0 Å². The monoisotopic (exact) mass is 277 g/mol. The zero-order valence-electron chi connectivity index (χ0n) is 12.0. The van der Waals surface area contributed by atoms with Gasteiger partial charge in [0.05, 0.1) is 12.0 Å². The van der Waals surface area contributed by atoms with E-state index in [2.05, 4.69) is 22.2 Å². The van der Waals surface area contributed by atoms with Crippen molar-refractivity contribution in [2.24, 2.45) is 5.92 Å². The highest BCUT2D eigenvalue weighted by Crippen LogP contribution is 2.33. The number of amides is 1. The molecular weight excluding hydrogens is 254 g/mol. The van der Waals surface area contributed by atoms with E-state index in [9.17, 15) is 4.79 Å². The van der Waals surface area contributed by atoms with Gasteiger partial charge < -0.3 is 15.0 Å². The number of carbonyl (C=O) groups is 1. The summed E-state index contributed by atoms with van der Waals surface area (Å²) in [6.45, 7) is 2.07. The van der Waals surface area contributed by atoms with E-state index >= 15 is 0 Å². The molecule has 1 amide bonds. The normalized spacial score (nSPS) is 28.9. The van der Waals surface area contributed by atoms with Crippen LogP contribution in [0.4, 0.5) is 4.79 Å². The van der Waals surface area contributed by atoms with Crippen LogP contribution in [0.3, 0.4) is 0 Å². The van der Waals surface area contributed by atoms with Gasteiger partial charge in [-0.1, -0.05) is 39.0 Å². The van der Waals surface area contributed by atoms with Crippen LogP contribution in [0.2, 0.25) is 0 Å². The summed E-state index contributed by atoms with van der Waals surface area (Å²) in [6.07, 6.45) is 10.8. The lowest BCUT2D eigenvalue weighted by molar-refractivity contribution is 0.109. The Labute approximate surface area is 119 Å². The Morgan fingerprint density at radius 2 is 2.20 bits per heavy atom. The number of ether oxygens (including phenoxy) is 1. The minimum absolute atomic E-state index is 0.0949. The van der Waals surface area contributed by atoms with Crippen LogP contribution in [0, 0.1) is 5.92 Å². The molecule has 1 unspecified atom stereocenters. The van der Waals surface area contributed by atoms with E-state index in [0.717, 1.165) is 18.2 Å². The largest absolute Gasteiger partial charge is 0.443 e. The van der Waals surface area contributed by atoms with Crippen LogP contribution in [-0.2, 0) is 4.74 Å². The summed E-state index contributed by atoms with van der Waals surface area (Å²) in [6, 6.07) is 0.116. The number of alkyl carbamates (subject to hydrolysis) is 1. The van der Waals surface area contributed by atoms with Gasteiger partial charge in [-0.15, -0.1) is 0 Å². The Morgan fingerprint density at radius 1 is 1.40 bits per heavy atom. The quantitative estimate of drug-likeness (QED) is 0.889. The smallest absolute Gasteiger partial charge is 0.407 e. The molecule has 1 aliphatic carbocycles. The number of aromatic amines is 1. The highest BCUT2D eigenvalue weighted by molar-refractivity contribution is 5.70. The van der Waals surface area contributed by atoms with Gasteiger partial charge in [-0.3, -0.25) is 0 Å². The fraction of sp³-hybridized carbons (Fsp3) is 0.733. The number of nitrogens with zero attached hydrogens (tertiary/aromatic N) is 1. The average molecular weight is 277 g/mol. The summed E-state index contributed by atoms with van der Waals surface area (Å²) in [4.78, 5) is 19.0. The van der Waals surface area contributed by atoms with E-state index in [1.165, 1.54) is 32.1 Å². The van der Waals surface area contributed by atoms with Crippen LogP contribution in [0.1, 0.15) is 57.2 Å². The summed E-state index contributed by atoms with van der Waals surface area (Å²) in [5, 5.41) is 2.99. The number of aromatic nitrogens is 2. The fourth-order valence-corrected chi connectivity index (χ4v) is 3.58. The Morgan fingerprint density at radius 3 is 2.90 bits per heavy atom. The highest BCUT2D eigenvalue weighted by atomic mass is 16.6. The minimum atomic E-state index is -0.283. The molecule has 5 heteroatoms. The van der Waals surface area contributed by atoms with Gasteiger partial charge >= 0.3 is 6.09 Å². The molecule has 1 saturated heterocycles. The first-order valence-electron chi connectivity index (χ1n) is 7.70. The van der Waals surface area contributed by atoms with E-state index in [-0.39, 0.29) is 24.2 Å². The fourth-order valence-electron chi connectivity index (χ4n) is 3.58. The molecule has 1 aliphatic heterocycles. The Kier molecular flexibility index (Phi) is 3.94. The van der Waals surface area contributed by atoms with E-state index in [0.29, 0.717) is 0 Å². The first-order chi connectivity index (χ1) is 9.74. The van der Waals surface area contributed by atoms with Crippen molar-refractivity contribution < 1.29 is 9.53 Å². The number of carbonyl (C=O) groups excluding carboxylic acids is 1. The molecule has 110 valence electrons. The Hall–Kier alpha value is -1.52. The van der Waals surface area contributed by atoms with Gasteiger partial charge in [-0.2, -0.15) is 0 Å². The standard InChI is InChI=1S/C15H23N3O2/c1-10(14-16-7-8-17-14)13-12(18-15(19)20-13)9-11-5-3-2-4-6-11/h7-8,10-13H,2-6,9H2,1H3,(H,16,17)(H,18,19)/t10?,12-,13+/m0/s1. The molecule has 1 saturated carbocycles. The molecule has 3 atom stereocenters. The van der Waals surface area contributed by atoms with Gasteiger partial charge in [0, 0.05) is 12.4 Å². The molecule has 0 radical (unpaired) electrons. The van der Waals surface area contributed by atoms with Crippen molar-refractivity contribution >= 4 is 6.09 Å². The molecule has 2 aliphatic rings. The third-order valence-electron chi connectivity index (χ3n) is 4.70. The second kappa shape index (κ2) is 5.85. The summed E-state index contributed by atoms with van der Waals surface area (Å²) >= 11 is 0. The van der Waals surface area contributed by atoms with Crippen molar-refractivity contribution in [3.63, 3.8) is 0 Å². The number of hydrogen-bond acceptors (Lipinski definition) is 3. The van der Waals surface area contributed by atoms with Crippen LogP contribution in [-0.4, -0.2) is 28.2 Å². The molecule has 0 aromatic carbocycles. The maximum atomic E-state index is 11.6. The van der Waals surface area contributed by atoms with Crippen LogP contribution in [0.15, 0.2) is 12.4 Å². The third-order valence-corrected chi connectivity index (χ3v) is 4.70. The number of H-pyrrole nitrogens is 1. The predicted octanol–water partition coefficient (Wildman–Crippen LogP) is 2.96. The Balaban J connectivity index is 1.66. The number of nitrogens with one attached hydrogen (secondary N) is 2. The van der Waals surface area contributed by atoms with Crippen molar-refractivity contribution in [2.75, 3.05) is 0 Å². The summed E-state index contributed by atoms with van der Waals surface area (Å²) in [5.74, 6) is 1.71. The Bertz CT molecular complexity index is 440. The first kappa shape index (κ1) is 13.5. The lowest BCUT2D eigenvalue weighted by Crippen LogP contribution is -2.37. The average Bonchev–Trinajstić information content (AvgIpc) is 3.09. The molecule has 5 nitrogen and oxygen atoms in total. The second-order valence-electron chi connectivity index (χ2n) is 6.12. The summed E-state index contributed by atoms with van der Waals surface area (Å²) in [5.41, 5.74) is 0. The van der Waals surface area contributed by atoms with Crippen LogP contribution >= 0.6 is 0 Å². The molecule has 1 aromatic rings. The van der Waals surface area contributed by atoms with Crippen LogP contribution in [0.25, 0.3) is 0 Å². The van der Waals surface area contributed by atoms with Crippen molar-refractivity contribution in [2.45, 2.75) is 63.5 Å². The van der Waals surface area contributed by atoms with E-state index < -0.39 is 0 Å². The molecule has 0 spiro atoms. The van der Waals surface area contributed by atoms with E-state index in [1.54, 1.807) is 6.20 Å². The summed E-state index contributed by atoms with van der Waals surface area (Å²) < 4.78 is 5.49. The molecule has 20 heavy (non-hydrogen) atoms. The van der Waals surface area contributed by atoms with Gasteiger partial charge in [0.25, 0.3) is 0 Å². The van der Waals surface area contributed by atoms with Gasteiger partial charge in [0.2, 0.25) is 0 Å². The zero-order valence-corrected chi connectivity index (χ0v) is 12.0. The molecule has 3 rings (SSSR count). The van der Waals surface area contributed by atoms with Crippen molar-refractivity contribution in [3.8, 4) is 0 Å². The molecule has 0 bridgehead atoms. The van der Waals surface area contributed by atoms with Crippen LogP contribution < -0.4 is 5.32 Å². The second-order valence-corrected chi connectivity index (χ2v) is 6.12. The zero-order chi connectivity index (χ0) is 13.9. The summed E-state index contributed by atoms with van der Waals surface area (Å²) in [7, 11) is 0. The number of rotatable bonds is 4.